The average Bonchev–Trinajstić information content (AvgIpc) is 2.81. The highest BCUT2D eigenvalue weighted by molar-refractivity contribution is 7.92. The number of halogens is 2. The lowest BCUT2D eigenvalue weighted by Gasteiger charge is -2.16. The Labute approximate surface area is 207 Å². The fraction of sp³-hybridized carbons (Fsp3) is 0.174. The molecule has 0 spiro atoms. The van der Waals surface area contributed by atoms with E-state index in [1.54, 1.807) is 31.2 Å². The fourth-order valence-electron chi connectivity index (χ4n) is 2.99. The van der Waals surface area contributed by atoms with Gasteiger partial charge in [0.1, 0.15) is 17.2 Å². The van der Waals surface area contributed by atoms with Crippen molar-refractivity contribution in [2.24, 2.45) is 0 Å². The van der Waals surface area contributed by atoms with E-state index in [0.717, 1.165) is 0 Å². The van der Waals surface area contributed by atoms with E-state index >= 15 is 0 Å². The van der Waals surface area contributed by atoms with Crippen molar-refractivity contribution in [3.05, 3.63) is 70.2 Å². The summed E-state index contributed by atoms with van der Waals surface area (Å²) >= 11 is 12.0. The Morgan fingerprint density at radius 3 is 2.18 bits per heavy atom. The maximum Gasteiger partial charge on any atom is 0.262 e. The van der Waals surface area contributed by atoms with Gasteiger partial charge in [0.2, 0.25) is 0 Å². The second-order valence-electron chi connectivity index (χ2n) is 6.84. The van der Waals surface area contributed by atoms with Crippen LogP contribution in [0.15, 0.2) is 59.5 Å². The van der Waals surface area contributed by atoms with Crippen LogP contribution in [0.25, 0.3) is 0 Å². The number of hydrogen-bond donors (Lipinski definition) is 2. The Morgan fingerprint density at radius 2 is 1.56 bits per heavy atom. The third kappa shape index (κ3) is 5.85. The number of carbonyl (C=O) groups is 1. The van der Waals surface area contributed by atoms with E-state index in [1.165, 1.54) is 44.6 Å². The van der Waals surface area contributed by atoms with Gasteiger partial charge in [0, 0.05) is 22.7 Å². The molecule has 2 N–H and O–H groups in total. The molecule has 11 heteroatoms. The minimum Gasteiger partial charge on any atom is -0.495 e. The molecule has 0 aliphatic heterocycles. The Kier molecular flexibility index (Phi) is 8.14. The molecule has 0 aliphatic rings. The molecule has 0 saturated heterocycles. The van der Waals surface area contributed by atoms with Crippen molar-refractivity contribution in [1.82, 2.24) is 0 Å². The van der Waals surface area contributed by atoms with Crippen LogP contribution in [-0.4, -0.2) is 35.2 Å². The summed E-state index contributed by atoms with van der Waals surface area (Å²) in [5.41, 5.74) is 0.658. The summed E-state index contributed by atoms with van der Waals surface area (Å²) in [7, 11) is -1.30. The monoisotopic (exact) mass is 524 g/mol. The third-order valence-electron chi connectivity index (χ3n) is 4.63. The third-order valence-corrected chi connectivity index (χ3v) is 6.54. The number of nitrogens with one attached hydrogen (secondary N) is 2. The number of sulfonamides is 1. The highest BCUT2D eigenvalue weighted by atomic mass is 35.5. The summed E-state index contributed by atoms with van der Waals surface area (Å²) in [4.78, 5) is 12.6. The molecule has 0 fully saturated rings. The molecule has 0 atom stereocenters. The van der Waals surface area contributed by atoms with Crippen molar-refractivity contribution in [3.8, 4) is 17.2 Å². The maximum absolute atomic E-state index is 13.2. The van der Waals surface area contributed by atoms with E-state index < -0.39 is 15.9 Å². The molecule has 180 valence electrons. The van der Waals surface area contributed by atoms with E-state index in [4.69, 9.17) is 37.4 Å². The lowest BCUT2D eigenvalue weighted by Crippen LogP contribution is -2.16. The van der Waals surface area contributed by atoms with Crippen LogP contribution >= 0.6 is 23.2 Å². The Morgan fingerprint density at radius 1 is 0.882 bits per heavy atom. The zero-order valence-electron chi connectivity index (χ0n) is 18.5. The SMILES string of the molecule is CCOc1ccc(S(=O)(=O)Nc2cc(OC)c(Cl)cc2OC)cc1NC(=O)c1ccc(Cl)cc1. The Bertz CT molecular complexity index is 1300. The summed E-state index contributed by atoms with van der Waals surface area (Å²) < 4.78 is 44.7. The predicted molar refractivity (Wildman–Crippen MR) is 132 cm³/mol. The molecule has 1 amide bonds. The lowest BCUT2D eigenvalue weighted by atomic mass is 10.2. The first-order chi connectivity index (χ1) is 16.2. The molecule has 3 aromatic carbocycles. The topological polar surface area (TPSA) is 103 Å². The number of benzene rings is 3. The normalized spacial score (nSPS) is 11.0. The summed E-state index contributed by atoms with van der Waals surface area (Å²) in [5.74, 6) is 0.332. The van der Waals surface area contributed by atoms with Gasteiger partial charge in [0.15, 0.2) is 0 Å². The van der Waals surface area contributed by atoms with Crippen molar-refractivity contribution >= 4 is 50.5 Å². The Hall–Kier alpha value is -3.14. The second-order valence-corrected chi connectivity index (χ2v) is 9.37. The van der Waals surface area contributed by atoms with E-state index in [1.807, 2.05) is 0 Å². The van der Waals surface area contributed by atoms with Crippen molar-refractivity contribution < 1.29 is 27.4 Å². The highest BCUT2D eigenvalue weighted by Gasteiger charge is 2.21. The zero-order chi connectivity index (χ0) is 24.9. The summed E-state index contributed by atoms with van der Waals surface area (Å²) in [6.45, 7) is 2.09. The van der Waals surface area contributed by atoms with Gasteiger partial charge in [-0.1, -0.05) is 23.2 Å². The molecule has 0 aromatic heterocycles. The van der Waals surface area contributed by atoms with Gasteiger partial charge in [-0.15, -0.1) is 0 Å². The largest absolute Gasteiger partial charge is 0.495 e. The minimum atomic E-state index is -4.10. The van der Waals surface area contributed by atoms with Crippen molar-refractivity contribution in [2.45, 2.75) is 11.8 Å². The van der Waals surface area contributed by atoms with Crippen molar-refractivity contribution in [2.75, 3.05) is 30.9 Å². The summed E-state index contributed by atoms with van der Waals surface area (Å²) in [6, 6.07) is 13.3. The quantitative estimate of drug-likeness (QED) is 0.385. The number of hydrogen-bond acceptors (Lipinski definition) is 6. The molecular formula is C23H22Cl2N2O6S. The average molecular weight is 525 g/mol. The van der Waals surface area contributed by atoms with Crippen LogP contribution in [0.2, 0.25) is 10.0 Å². The van der Waals surface area contributed by atoms with Gasteiger partial charge in [0.25, 0.3) is 15.9 Å². The van der Waals surface area contributed by atoms with Crippen LogP contribution in [0.3, 0.4) is 0 Å². The van der Waals surface area contributed by atoms with Crippen LogP contribution < -0.4 is 24.2 Å². The van der Waals surface area contributed by atoms with Crippen molar-refractivity contribution in [1.29, 1.82) is 0 Å². The number of ether oxygens (including phenoxy) is 3. The predicted octanol–water partition coefficient (Wildman–Crippen LogP) is 5.46. The first-order valence-electron chi connectivity index (χ1n) is 9.96. The van der Waals surface area contributed by atoms with Gasteiger partial charge in [-0.25, -0.2) is 8.42 Å². The number of amides is 1. The number of methoxy groups -OCH3 is 2. The van der Waals surface area contributed by atoms with E-state index in [-0.39, 0.29) is 32.8 Å². The van der Waals surface area contributed by atoms with E-state index in [2.05, 4.69) is 10.0 Å². The number of carbonyl (C=O) groups excluding carboxylic acids is 1. The molecule has 0 aliphatic carbocycles. The summed E-state index contributed by atoms with van der Waals surface area (Å²) in [5, 5.41) is 3.44. The maximum atomic E-state index is 13.2. The van der Waals surface area contributed by atoms with Gasteiger partial charge in [-0.3, -0.25) is 9.52 Å². The van der Waals surface area contributed by atoms with E-state index in [9.17, 15) is 13.2 Å². The minimum absolute atomic E-state index is 0.113. The lowest BCUT2D eigenvalue weighted by molar-refractivity contribution is 0.102. The first-order valence-corrected chi connectivity index (χ1v) is 12.2. The summed E-state index contributed by atoms with van der Waals surface area (Å²) in [6.07, 6.45) is 0. The van der Waals surface area contributed by atoms with Gasteiger partial charge in [0.05, 0.1) is 42.1 Å². The van der Waals surface area contributed by atoms with Crippen LogP contribution in [-0.2, 0) is 10.0 Å². The molecule has 0 bridgehead atoms. The van der Waals surface area contributed by atoms with Gasteiger partial charge in [-0.2, -0.15) is 0 Å². The molecule has 0 heterocycles. The molecule has 8 nitrogen and oxygen atoms in total. The Balaban J connectivity index is 1.96. The van der Waals surface area contributed by atoms with Crippen molar-refractivity contribution in [3.63, 3.8) is 0 Å². The molecule has 0 radical (unpaired) electrons. The molecule has 0 saturated carbocycles. The van der Waals surface area contributed by atoms with E-state index in [0.29, 0.717) is 22.9 Å². The van der Waals surface area contributed by atoms with Crippen LogP contribution in [0.5, 0.6) is 17.2 Å². The van der Waals surface area contributed by atoms with Gasteiger partial charge < -0.3 is 19.5 Å². The van der Waals surface area contributed by atoms with Crippen LogP contribution in [0.4, 0.5) is 11.4 Å². The molecule has 3 rings (SSSR count). The second kappa shape index (κ2) is 10.9. The molecule has 0 unspecified atom stereocenters. The molecule has 34 heavy (non-hydrogen) atoms. The standard InChI is InChI=1S/C23H22Cl2N2O6S/c1-4-33-20-10-9-16(11-18(20)26-23(28)14-5-7-15(24)8-6-14)34(29,30)27-19-13-21(31-2)17(25)12-22(19)32-3/h5-13,27H,4H2,1-3H3,(H,26,28). The molecule has 3 aromatic rings. The first kappa shape index (κ1) is 25.5. The van der Waals surface area contributed by atoms with Gasteiger partial charge in [-0.05, 0) is 49.4 Å². The fourth-order valence-corrected chi connectivity index (χ4v) is 4.44. The number of rotatable bonds is 9. The van der Waals surface area contributed by atoms with Crippen LogP contribution in [0.1, 0.15) is 17.3 Å². The van der Waals surface area contributed by atoms with Crippen LogP contribution in [0, 0.1) is 0 Å². The number of anilines is 2. The highest BCUT2D eigenvalue weighted by Crippen LogP contribution is 2.37. The smallest absolute Gasteiger partial charge is 0.262 e. The van der Waals surface area contributed by atoms with Gasteiger partial charge >= 0.3 is 0 Å². The zero-order valence-corrected chi connectivity index (χ0v) is 20.8. The molecular weight excluding hydrogens is 503 g/mol.